The molecule has 2 amide bonds. The van der Waals surface area contributed by atoms with Crippen molar-refractivity contribution in [1.82, 2.24) is 0 Å². The number of nitrogens with two attached hydrogens (primary N) is 1. The molecule has 2 aromatic carbocycles. The summed E-state index contributed by atoms with van der Waals surface area (Å²) in [5.74, 6) is -0.191. The van der Waals surface area contributed by atoms with Crippen LogP contribution >= 0.6 is 0 Å². The molecule has 1 heterocycles. The molecule has 7 nitrogen and oxygen atoms in total. The molecule has 3 N–H and O–H groups in total. The van der Waals surface area contributed by atoms with E-state index in [2.05, 4.69) is 4.74 Å². The Kier molecular flexibility index (Phi) is 5.93. The maximum Gasteiger partial charge on any atom is 0.329 e. The van der Waals surface area contributed by atoms with E-state index in [9.17, 15) is 9.59 Å². The molecule has 2 aromatic rings. The number of hydrogen-bond acceptors (Lipinski definition) is 4. The molecular formula is C21H24N4O3. The number of amidine groups is 1. The first-order chi connectivity index (χ1) is 13.5. The quantitative estimate of drug-likeness (QED) is 0.438. The number of aryl methyl sites for hydroxylation is 1. The van der Waals surface area contributed by atoms with E-state index in [-0.39, 0.29) is 17.8 Å². The lowest BCUT2D eigenvalue weighted by atomic mass is 10.1. The first-order valence-electron chi connectivity index (χ1n) is 9.19. The third-order valence-corrected chi connectivity index (χ3v) is 4.82. The van der Waals surface area contributed by atoms with Gasteiger partial charge in [-0.25, -0.2) is 4.79 Å². The summed E-state index contributed by atoms with van der Waals surface area (Å²) >= 11 is 0. The van der Waals surface area contributed by atoms with E-state index in [1.807, 2.05) is 36.4 Å². The molecule has 3 rings (SSSR count). The minimum Gasteiger partial charge on any atom is -0.469 e. The Morgan fingerprint density at radius 2 is 1.57 bits per heavy atom. The van der Waals surface area contributed by atoms with Gasteiger partial charge in [0.05, 0.1) is 7.11 Å². The molecule has 28 heavy (non-hydrogen) atoms. The predicted molar refractivity (Wildman–Crippen MR) is 109 cm³/mol. The summed E-state index contributed by atoms with van der Waals surface area (Å²) in [7, 11) is 1.39. The molecule has 0 saturated carbocycles. The van der Waals surface area contributed by atoms with Crippen molar-refractivity contribution in [3.63, 3.8) is 0 Å². The number of ether oxygens (including phenoxy) is 1. The Labute approximate surface area is 164 Å². The van der Waals surface area contributed by atoms with Gasteiger partial charge in [0, 0.05) is 36.4 Å². The van der Waals surface area contributed by atoms with Gasteiger partial charge in [-0.3, -0.25) is 20.0 Å². The normalized spacial score (nSPS) is 13.7. The van der Waals surface area contributed by atoms with Crippen LogP contribution in [0.25, 0.3) is 0 Å². The van der Waals surface area contributed by atoms with E-state index < -0.39 is 0 Å². The third kappa shape index (κ3) is 4.31. The van der Waals surface area contributed by atoms with Crippen LogP contribution in [0.4, 0.5) is 16.2 Å². The molecule has 1 aliphatic heterocycles. The molecule has 1 saturated heterocycles. The number of nitrogens with zero attached hydrogens (tertiary/aromatic N) is 2. The van der Waals surface area contributed by atoms with Crippen LogP contribution in [0.5, 0.6) is 0 Å². The van der Waals surface area contributed by atoms with Gasteiger partial charge in [0.25, 0.3) is 0 Å². The molecule has 0 aromatic heterocycles. The topological polar surface area (TPSA) is 99.7 Å². The van der Waals surface area contributed by atoms with Gasteiger partial charge in [-0.05, 0) is 54.8 Å². The van der Waals surface area contributed by atoms with Gasteiger partial charge in [-0.1, -0.05) is 12.1 Å². The summed E-state index contributed by atoms with van der Waals surface area (Å²) in [4.78, 5) is 27.5. The Morgan fingerprint density at radius 1 is 1.04 bits per heavy atom. The van der Waals surface area contributed by atoms with Crippen molar-refractivity contribution < 1.29 is 14.3 Å². The number of methoxy groups -OCH3 is 1. The highest BCUT2D eigenvalue weighted by molar-refractivity contribution is 6.06. The minimum atomic E-state index is -0.198. The largest absolute Gasteiger partial charge is 0.469 e. The third-order valence-electron chi connectivity index (χ3n) is 4.82. The van der Waals surface area contributed by atoms with Gasteiger partial charge in [0.2, 0.25) is 0 Å². The highest BCUT2D eigenvalue weighted by atomic mass is 16.5. The summed E-state index contributed by atoms with van der Waals surface area (Å²) in [5.41, 5.74) is 8.87. The first-order valence-corrected chi connectivity index (χ1v) is 9.19. The number of nitrogen functional groups attached to an aromatic ring is 1. The number of nitrogens with one attached hydrogen (secondary N) is 1. The van der Waals surface area contributed by atoms with Gasteiger partial charge in [-0.15, -0.1) is 0 Å². The zero-order valence-electron chi connectivity index (χ0n) is 15.9. The maximum absolute atomic E-state index is 12.8. The lowest BCUT2D eigenvalue weighted by Gasteiger charge is -2.19. The molecule has 1 fully saturated rings. The summed E-state index contributed by atoms with van der Waals surface area (Å²) in [6.45, 7) is 1.20. The van der Waals surface area contributed by atoms with Crippen molar-refractivity contribution in [2.75, 3.05) is 30.0 Å². The van der Waals surface area contributed by atoms with E-state index >= 15 is 0 Å². The fraction of sp³-hybridized carbons (Fsp3) is 0.286. The number of esters is 1. The van der Waals surface area contributed by atoms with Gasteiger partial charge in [0.15, 0.2) is 0 Å². The van der Waals surface area contributed by atoms with Crippen molar-refractivity contribution >= 4 is 29.2 Å². The summed E-state index contributed by atoms with van der Waals surface area (Å²) in [6, 6.07) is 14.9. The molecule has 146 valence electrons. The van der Waals surface area contributed by atoms with Crippen LogP contribution in [0.2, 0.25) is 0 Å². The van der Waals surface area contributed by atoms with E-state index in [0.29, 0.717) is 25.1 Å². The van der Waals surface area contributed by atoms with Gasteiger partial charge < -0.3 is 10.5 Å². The summed E-state index contributed by atoms with van der Waals surface area (Å²) < 4.78 is 4.65. The van der Waals surface area contributed by atoms with Crippen LogP contribution in [0, 0.1) is 5.41 Å². The lowest BCUT2D eigenvalue weighted by Crippen LogP contribution is -2.31. The molecule has 0 aliphatic carbocycles. The van der Waals surface area contributed by atoms with E-state index in [4.69, 9.17) is 11.1 Å². The van der Waals surface area contributed by atoms with Crippen LogP contribution in [0.3, 0.4) is 0 Å². The number of benzene rings is 2. The zero-order valence-corrected chi connectivity index (χ0v) is 15.9. The Bertz CT molecular complexity index is 862. The Hall–Kier alpha value is -3.35. The smallest absolute Gasteiger partial charge is 0.329 e. The average Bonchev–Trinajstić information content (AvgIpc) is 3.09. The highest BCUT2D eigenvalue weighted by Gasteiger charge is 2.30. The van der Waals surface area contributed by atoms with Crippen LogP contribution in [0.15, 0.2) is 48.5 Å². The van der Waals surface area contributed by atoms with Crippen LogP contribution in [-0.4, -0.2) is 38.0 Å². The summed E-state index contributed by atoms with van der Waals surface area (Å²) in [5, 5.41) is 7.46. The Morgan fingerprint density at radius 3 is 2.07 bits per heavy atom. The molecular weight excluding hydrogens is 356 g/mol. The minimum absolute atomic E-state index is 0.00704. The predicted octanol–water partition coefficient (Wildman–Crippen LogP) is 2.91. The lowest BCUT2D eigenvalue weighted by molar-refractivity contribution is -0.140. The standard InChI is InChI=1S/C21H24N4O3/c1-28-19(26)4-2-3-15-5-9-17(10-6-15)24-13-14-25(21(24)27)18-11-7-16(8-12-18)20(22)23/h5-12H,2-4,13-14H2,1H3,(H3,22,23). The zero-order chi connectivity index (χ0) is 20.1. The van der Waals surface area contributed by atoms with Gasteiger partial charge >= 0.3 is 12.0 Å². The maximum atomic E-state index is 12.8. The van der Waals surface area contributed by atoms with Crippen molar-refractivity contribution in [2.24, 2.45) is 5.73 Å². The molecule has 0 bridgehead atoms. The monoisotopic (exact) mass is 380 g/mol. The van der Waals surface area contributed by atoms with Crippen LogP contribution in [-0.2, 0) is 16.0 Å². The van der Waals surface area contributed by atoms with E-state index in [1.54, 1.807) is 21.9 Å². The van der Waals surface area contributed by atoms with E-state index in [0.717, 1.165) is 29.8 Å². The summed E-state index contributed by atoms with van der Waals surface area (Å²) in [6.07, 6.45) is 1.93. The second kappa shape index (κ2) is 8.56. The van der Waals surface area contributed by atoms with Crippen molar-refractivity contribution in [3.8, 4) is 0 Å². The molecule has 0 spiro atoms. The van der Waals surface area contributed by atoms with Crippen molar-refractivity contribution in [1.29, 1.82) is 5.41 Å². The first kappa shape index (κ1) is 19.4. The Balaban J connectivity index is 1.62. The van der Waals surface area contributed by atoms with Gasteiger partial charge in [0.1, 0.15) is 5.84 Å². The van der Waals surface area contributed by atoms with Gasteiger partial charge in [-0.2, -0.15) is 0 Å². The second-order valence-corrected chi connectivity index (χ2v) is 6.64. The number of anilines is 2. The number of hydrogen-bond donors (Lipinski definition) is 2. The van der Waals surface area contributed by atoms with E-state index in [1.165, 1.54) is 7.11 Å². The molecule has 1 aliphatic rings. The number of amides is 2. The van der Waals surface area contributed by atoms with Crippen molar-refractivity contribution in [3.05, 3.63) is 59.7 Å². The number of rotatable bonds is 7. The fourth-order valence-electron chi connectivity index (χ4n) is 3.22. The number of urea groups is 1. The molecule has 0 atom stereocenters. The molecule has 7 heteroatoms. The van der Waals surface area contributed by atoms with Crippen molar-refractivity contribution in [2.45, 2.75) is 19.3 Å². The molecule has 0 radical (unpaired) electrons. The second-order valence-electron chi connectivity index (χ2n) is 6.64. The number of carbonyl (C=O) groups is 2. The molecule has 0 unspecified atom stereocenters. The van der Waals surface area contributed by atoms with Crippen LogP contribution < -0.4 is 15.5 Å². The van der Waals surface area contributed by atoms with Crippen LogP contribution in [0.1, 0.15) is 24.0 Å². The SMILES string of the molecule is COC(=O)CCCc1ccc(N2CCN(c3ccc(C(=N)N)cc3)C2=O)cc1. The highest BCUT2D eigenvalue weighted by Crippen LogP contribution is 2.26. The number of carbonyl (C=O) groups excluding carboxylic acids is 2. The fourth-order valence-corrected chi connectivity index (χ4v) is 3.22. The average molecular weight is 380 g/mol.